The number of nitrogens with two attached hydrogens (primary N) is 1. The van der Waals surface area contributed by atoms with Crippen molar-refractivity contribution in [2.75, 3.05) is 5.73 Å². The number of halogens is 1. The molecule has 12 heavy (non-hydrogen) atoms. The van der Waals surface area contributed by atoms with Gasteiger partial charge < -0.3 is 10.7 Å². The molecule has 0 aliphatic heterocycles. The Bertz CT molecular complexity index is 355. The SMILES string of the molecule is Nc1ncc(-c2csc(Cl)c2)[nH]1. The number of rotatable bonds is 1. The van der Waals surface area contributed by atoms with Crippen LogP contribution in [-0.2, 0) is 0 Å². The lowest BCUT2D eigenvalue weighted by Gasteiger charge is -1.87. The first-order valence-electron chi connectivity index (χ1n) is 3.30. The number of imidazole rings is 1. The molecule has 2 aromatic rings. The molecule has 0 unspecified atom stereocenters. The number of thiophene rings is 1. The smallest absolute Gasteiger partial charge is 0.197 e. The van der Waals surface area contributed by atoms with Crippen LogP contribution < -0.4 is 5.73 Å². The molecule has 0 atom stereocenters. The predicted octanol–water partition coefficient (Wildman–Crippen LogP) is 2.37. The van der Waals surface area contributed by atoms with Crippen molar-refractivity contribution in [1.82, 2.24) is 9.97 Å². The summed E-state index contributed by atoms with van der Waals surface area (Å²) in [5.41, 5.74) is 7.35. The second-order valence-corrected chi connectivity index (χ2v) is 3.86. The number of H-pyrrole nitrogens is 1. The van der Waals surface area contributed by atoms with Crippen molar-refractivity contribution in [1.29, 1.82) is 0 Å². The third kappa shape index (κ3) is 1.31. The minimum Gasteiger partial charge on any atom is -0.369 e. The van der Waals surface area contributed by atoms with Gasteiger partial charge in [0.25, 0.3) is 0 Å². The molecule has 0 aliphatic carbocycles. The standard InChI is InChI=1S/C7H6ClN3S/c8-6-1-4(3-12-6)5-2-10-7(9)11-5/h1-3H,(H3,9,10,11). The molecule has 0 aromatic carbocycles. The first-order valence-corrected chi connectivity index (χ1v) is 4.56. The minimum atomic E-state index is 0.423. The summed E-state index contributed by atoms with van der Waals surface area (Å²) < 4.78 is 0.762. The van der Waals surface area contributed by atoms with E-state index in [1.54, 1.807) is 6.20 Å². The van der Waals surface area contributed by atoms with Gasteiger partial charge in [0.05, 0.1) is 16.2 Å². The topological polar surface area (TPSA) is 54.7 Å². The van der Waals surface area contributed by atoms with Gasteiger partial charge in [0.15, 0.2) is 5.95 Å². The molecule has 0 aliphatic rings. The maximum Gasteiger partial charge on any atom is 0.197 e. The molecule has 0 spiro atoms. The minimum absolute atomic E-state index is 0.423. The van der Waals surface area contributed by atoms with E-state index in [0.29, 0.717) is 5.95 Å². The Morgan fingerprint density at radius 3 is 2.92 bits per heavy atom. The monoisotopic (exact) mass is 199 g/mol. The number of aromatic amines is 1. The number of hydrogen-bond acceptors (Lipinski definition) is 3. The molecule has 3 nitrogen and oxygen atoms in total. The van der Waals surface area contributed by atoms with Gasteiger partial charge in [-0.15, -0.1) is 11.3 Å². The molecule has 62 valence electrons. The van der Waals surface area contributed by atoms with Crippen LogP contribution in [0.2, 0.25) is 4.34 Å². The van der Waals surface area contributed by atoms with Gasteiger partial charge in [0, 0.05) is 10.9 Å². The lowest BCUT2D eigenvalue weighted by molar-refractivity contribution is 1.33. The van der Waals surface area contributed by atoms with Gasteiger partial charge in [0.2, 0.25) is 0 Å². The van der Waals surface area contributed by atoms with E-state index in [4.69, 9.17) is 17.3 Å². The molecule has 0 radical (unpaired) electrons. The normalized spacial score (nSPS) is 10.4. The fourth-order valence-corrected chi connectivity index (χ4v) is 1.82. The van der Waals surface area contributed by atoms with Crippen molar-refractivity contribution in [2.24, 2.45) is 0 Å². The molecule has 2 rings (SSSR count). The second-order valence-electron chi connectivity index (χ2n) is 2.32. The number of anilines is 1. The molecule has 0 saturated heterocycles. The summed E-state index contributed by atoms with van der Waals surface area (Å²) in [5, 5.41) is 1.95. The quantitative estimate of drug-likeness (QED) is 0.741. The van der Waals surface area contributed by atoms with Crippen molar-refractivity contribution < 1.29 is 0 Å². The highest BCUT2D eigenvalue weighted by atomic mass is 35.5. The number of nitrogens with zero attached hydrogens (tertiary/aromatic N) is 1. The Morgan fingerprint density at radius 2 is 2.42 bits per heavy atom. The third-order valence-electron chi connectivity index (χ3n) is 1.47. The van der Waals surface area contributed by atoms with E-state index in [2.05, 4.69) is 9.97 Å². The Labute approximate surface area is 78.2 Å². The Morgan fingerprint density at radius 1 is 1.58 bits per heavy atom. The first-order chi connectivity index (χ1) is 5.75. The highest BCUT2D eigenvalue weighted by Gasteiger charge is 2.02. The van der Waals surface area contributed by atoms with Crippen molar-refractivity contribution in [3.8, 4) is 11.3 Å². The fourth-order valence-electron chi connectivity index (χ4n) is 0.935. The molecular weight excluding hydrogens is 194 g/mol. The third-order valence-corrected chi connectivity index (χ3v) is 2.57. The second kappa shape index (κ2) is 2.80. The van der Waals surface area contributed by atoms with Gasteiger partial charge in [-0.25, -0.2) is 4.98 Å². The van der Waals surface area contributed by atoms with Gasteiger partial charge in [-0.1, -0.05) is 11.6 Å². The van der Waals surface area contributed by atoms with E-state index < -0.39 is 0 Å². The molecular formula is C7H6ClN3S. The lowest BCUT2D eigenvalue weighted by Crippen LogP contribution is -1.84. The van der Waals surface area contributed by atoms with E-state index in [0.717, 1.165) is 15.6 Å². The van der Waals surface area contributed by atoms with E-state index in [1.165, 1.54) is 11.3 Å². The zero-order chi connectivity index (χ0) is 8.55. The van der Waals surface area contributed by atoms with E-state index in [9.17, 15) is 0 Å². The number of nitrogen functional groups attached to an aromatic ring is 1. The van der Waals surface area contributed by atoms with Crippen LogP contribution in [0.1, 0.15) is 0 Å². The molecule has 2 aromatic heterocycles. The number of hydrogen-bond donors (Lipinski definition) is 2. The van der Waals surface area contributed by atoms with Crippen LogP contribution in [0.3, 0.4) is 0 Å². The molecule has 5 heteroatoms. The molecule has 2 heterocycles. The fraction of sp³-hybridized carbons (Fsp3) is 0. The summed E-state index contributed by atoms with van der Waals surface area (Å²) in [4.78, 5) is 6.81. The van der Waals surface area contributed by atoms with Gasteiger partial charge >= 0.3 is 0 Å². The van der Waals surface area contributed by atoms with Gasteiger partial charge in [-0.3, -0.25) is 0 Å². The van der Waals surface area contributed by atoms with Gasteiger partial charge in [0.1, 0.15) is 0 Å². The summed E-state index contributed by atoms with van der Waals surface area (Å²) in [7, 11) is 0. The van der Waals surface area contributed by atoms with Crippen LogP contribution in [-0.4, -0.2) is 9.97 Å². The average Bonchev–Trinajstić information content (AvgIpc) is 2.58. The number of aromatic nitrogens is 2. The summed E-state index contributed by atoms with van der Waals surface area (Å²) in [6, 6.07) is 1.87. The van der Waals surface area contributed by atoms with E-state index >= 15 is 0 Å². The average molecular weight is 200 g/mol. The van der Waals surface area contributed by atoms with Crippen molar-refractivity contribution in [2.45, 2.75) is 0 Å². The van der Waals surface area contributed by atoms with Crippen molar-refractivity contribution in [3.63, 3.8) is 0 Å². The Balaban J connectivity index is 2.43. The molecule has 0 saturated carbocycles. The highest BCUT2D eigenvalue weighted by molar-refractivity contribution is 7.14. The maximum atomic E-state index is 5.77. The van der Waals surface area contributed by atoms with E-state index in [1.807, 2.05) is 11.4 Å². The van der Waals surface area contributed by atoms with Crippen molar-refractivity contribution in [3.05, 3.63) is 22.0 Å². The molecule has 0 fully saturated rings. The van der Waals surface area contributed by atoms with Gasteiger partial charge in [-0.2, -0.15) is 0 Å². The maximum absolute atomic E-state index is 5.77. The van der Waals surface area contributed by atoms with Gasteiger partial charge in [-0.05, 0) is 6.07 Å². The summed E-state index contributed by atoms with van der Waals surface area (Å²) in [6.45, 7) is 0. The zero-order valence-electron chi connectivity index (χ0n) is 6.04. The Hall–Kier alpha value is -1.00. The number of nitrogens with one attached hydrogen (secondary N) is 1. The summed E-state index contributed by atoms with van der Waals surface area (Å²) in [5.74, 6) is 0.423. The van der Waals surface area contributed by atoms with Crippen LogP contribution in [0.4, 0.5) is 5.95 Å². The first kappa shape index (κ1) is 7.64. The van der Waals surface area contributed by atoms with E-state index in [-0.39, 0.29) is 0 Å². The van der Waals surface area contributed by atoms with Crippen molar-refractivity contribution >= 4 is 28.9 Å². The summed E-state index contributed by atoms with van der Waals surface area (Å²) in [6.07, 6.45) is 1.69. The molecule has 3 N–H and O–H groups in total. The van der Waals surface area contributed by atoms with Crippen LogP contribution in [0, 0.1) is 0 Å². The molecule has 0 amide bonds. The molecule has 0 bridgehead atoms. The van der Waals surface area contributed by atoms with Crippen LogP contribution in [0.5, 0.6) is 0 Å². The van der Waals surface area contributed by atoms with Crippen LogP contribution in [0.25, 0.3) is 11.3 Å². The van der Waals surface area contributed by atoms with Crippen LogP contribution in [0.15, 0.2) is 17.6 Å². The highest BCUT2D eigenvalue weighted by Crippen LogP contribution is 2.27. The Kier molecular flexibility index (Phi) is 1.78. The van der Waals surface area contributed by atoms with Crippen LogP contribution >= 0.6 is 22.9 Å². The predicted molar refractivity (Wildman–Crippen MR) is 51.3 cm³/mol. The lowest BCUT2D eigenvalue weighted by atomic mass is 10.3. The zero-order valence-corrected chi connectivity index (χ0v) is 7.62. The largest absolute Gasteiger partial charge is 0.369 e. The summed E-state index contributed by atoms with van der Waals surface area (Å²) >= 11 is 7.26.